The summed E-state index contributed by atoms with van der Waals surface area (Å²) in [6.45, 7) is 8.02. The van der Waals surface area contributed by atoms with Crippen LogP contribution in [0.4, 0.5) is 0 Å². The maximum atomic E-state index is 12.4. The highest BCUT2D eigenvalue weighted by molar-refractivity contribution is 5.94. The molecule has 0 bridgehead atoms. The van der Waals surface area contributed by atoms with Crippen molar-refractivity contribution in [3.05, 3.63) is 29.6 Å². The van der Waals surface area contributed by atoms with Crippen LogP contribution in [-0.2, 0) is 5.41 Å². The molecule has 2 heterocycles. The molecule has 0 radical (unpaired) electrons. The average Bonchev–Trinajstić information content (AvgIpc) is 2.86. The van der Waals surface area contributed by atoms with Crippen molar-refractivity contribution >= 4 is 5.91 Å². The van der Waals surface area contributed by atoms with E-state index in [1.807, 2.05) is 17.0 Å². The largest absolute Gasteiger partial charge is 0.337 e. The van der Waals surface area contributed by atoms with Crippen molar-refractivity contribution in [2.24, 2.45) is 0 Å². The predicted octanol–water partition coefficient (Wildman–Crippen LogP) is 2.16. The summed E-state index contributed by atoms with van der Waals surface area (Å²) in [6, 6.07) is 4.34. The van der Waals surface area contributed by atoms with Crippen molar-refractivity contribution in [1.29, 1.82) is 0 Å². The number of hydrogen-bond donors (Lipinski definition) is 0. The van der Waals surface area contributed by atoms with Crippen LogP contribution < -0.4 is 0 Å². The number of nitrogens with zero attached hydrogens (tertiary/aromatic N) is 3. The second-order valence-corrected chi connectivity index (χ2v) is 6.84. The van der Waals surface area contributed by atoms with Crippen LogP contribution in [-0.4, -0.2) is 53.9 Å². The van der Waals surface area contributed by atoms with Gasteiger partial charge in [0.2, 0.25) is 0 Å². The van der Waals surface area contributed by atoms with E-state index in [9.17, 15) is 4.79 Å². The van der Waals surface area contributed by atoms with E-state index in [1.54, 1.807) is 6.20 Å². The van der Waals surface area contributed by atoms with Gasteiger partial charge in [-0.3, -0.25) is 9.78 Å². The van der Waals surface area contributed by atoms with Crippen LogP contribution in [0.3, 0.4) is 0 Å². The Morgan fingerprint density at radius 3 is 2.50 bits per heavy atom. The molecule has 0 spiro atoms. The molecule has 0 N–H and O–H groups in total. The molecular weight excluding hydrogens is 250 g/mol. The molecule has 0 aromatic carbocycles. The molecule has 20 heavy (non-hydrogen) atoms. The third-order valence-corrected chi connectivity index (χ3v) is 3.96. The van der Waals surface area contributed by atoms with Crippen LogP contribution in [0.25, 0.3) is 0 Å². The molecule has 0 unspecified atom stereocenters. The van der Waals surface area contributed by atoms with Gasteiger partial charge in [-0.05, 0) is 32.6 Å². The molecule has 1 aromatic rings. The van der Waals surface area contributed by atoms with E-state index in [-0.39, 0.29) is 11.3 Å². The number of amides is 1. The SMILES string of the molecule is CN(C)[C@@H]1CCN(C(=O)c2ccc(C(C)(C)C)nc2)C1. The summed E-state index contributed by atoms with van der Waals surface area (Å²) in [6.07, 6.45) is 2.76. The second-order valence-electron chi connectivity index (χ2n) is 6.84. The molecule has 1 amide bonds. The highest BCUT2D eigenvalue weighted by Crippen LogP contribution is 2.21. The van der Waals surface area contributed by atoms with Gasteiger partial charge in [0, 0.05) is 36.4 Å². The van der Waals surface area contributed by atoms with Crippen molar-refractivity contribution in [3.63, 3.8) is 0 Å². The maximum Gasteiger partial charge on any atom is 0.255 e. The van der Waals surface area contributed by atoms with Gasteiger partial charge in [-0.15, -0.1) is 0 Å². The van der Waals surface area contributed by atoms with Crippen LogP contribution in [0.15, 0.2) is 18.3 Å². The molecule has 110 valence electrons. The number of likely N-dealkylation sites (tertiary alicyclic amines) is 1. The van der Waals surface area contributed by atoms with Crippen LogP contribution in [0.2, 0.25) is 0 Å². The highest BCUT2D eigenvalue weighted by Gasteiger charge is 2.28. The summed E-state index contributed by atoms with van der Waals surface area (Å²) in [5.74, 6) is 0.0994. The van der Waals surface area contributed by atoms with Gasteiger partial charge in [-0.2, -0.15) is 0 Å². The molecule has 4 heteroatoms. The van der Waals surface area contributed by atoms with Gasteiger partial charge in [-0.25, -0.2) is 0 Å². The van der Waals surface area contributed by atoms with Crippen molar-refractivity contribution in [2.45, 2.75) is 38.6 Å². The molecule has 1 aromatic heterocycles. The Morgan fingerprint density at radius 1 is 1.35 bits per heavy atom. The van der Waals surface area contributed by atoms with E-state index in [2.05, 4.69) is 44.8 Å². The molecule has 1 aliphatic rings. The minimum absolute atomic E-state index is 0.0191. The topological polar surface area (TPSA) is 36.4 Å². The van der Waals surface area contributed by atoms with Crippen molar-refractivity contribution < 1.29 is 4.79 Å². The van der Waals surface area contributed by atoms with E-state index in [0.29, 0.717) is 11.6 Å². The van der Waals surface area contributed by atoms with E-state index >= 15 is 0 Å². The van der Waals surface area contributed by atoms with E-state index in [0.717, 1.165) is 25.2 Å². The molecule has 4 nitrogen and oxygen atoms in total. The molecule has 1 fully saturated rings. The van der Waals surface area contributed by atoms with Gasteiger partial charge in [0.05, 0.1) is 5.56 Å². The first kappa shape index (κ1) is 15.0. The van der Waals surface area contributed by atoms with Crippen LogP contribution in [0.1, 0.15) is 43.2 Å². The Balaban J connectivity index is 2.07. The fraction of sp³-hybridized carbons (Fsp3) is 0.625. The first-order chi connectivity index (χ1) is 9.29. The molecule has 0 aliphatic carbocycles. The lowest BCUT2D eigenvalue weighted by atomic mass is 9.91. The summed E-state index contributed by atoms with van der Waals surface area (Å²) in [5.41, 5.74) is 1.73. The number of aromatic nitrogens is 1. The van der Waals surface area contributed by atoms with Crippen molar-refractivity contribution in [3.8, 4) is 0 Å². The van der Waals surface area contributed by atoms with E-state index in [1.165, 1.54) is 0 Å². The highest BCUT2D eigenvalue weighted by atomic mass is 16.2. The van der Waals surface area contributed by atoms with Crippen LogP contribution in [0, 0.1) is 0 Å². The predicted molar refractivity (Wildman–Crippen MR) is 80.9 cm³/mol. The third-order valence-electron chi connectivity index (χ3n) is 3.96. The first-order valence-corrected chi connectivity index (χ1v) is 7.21. The summed E-state index contributed by atoms with van der Waals surface area (Å²) < 4.78 is 0. The molecular formula is C16H25N3O. The second kappa shape index (κ2) is 5.52. The Labute approximate surface area is 121 Å². The zero-order valence-corrected chi connectivity index (χ0v) is 13.2. The van der Waals surface area contributed by atoms with E-state index in [4.69, 9.17) is 0 Å². The fourth-order valence-corrected chi connectivity index (χ4v) is 2.49. The Morgan fingerprint density at radius 2 is 2.05 bits per heavy atom. The Bertz CT molecular complexity index is 473. The first-order valence-electron chi connectivity index (χ1n) is 7.21. The van der Waals surface area contributed by atoms with Gasteiger partial charge in [-0.1, -0.05) is 20.8 Å². The van der Waals surface area contributed by atoms with Gasteiger partial charge < -0.3 is 9.80 Å². The normalized spacial score (nSPS) is 19.7. The number of carbonyl (C=O) groups is 1. The van der Waals surface area contributed by atoms with Crippen molar-refractivity contribution in [1.82, 2.24) is 14.8 Å². The summed E-state index contributed by atoms with van der Waals surface area (Å²) in [5, 5.41) is 0. The molecule has 1 atom stereocenters. The summed E-state index contributed by atoms with van der Waals surface area (Å²) in [4.78, 5) is 21.0. The fourth-order valence-electron chi connectivity index (χ4n) is 2.49. The monoisotopic (exact) mass is 275 g/mol. The quantitative estimate of drug-likeness (QED) is 0.830. The lowest BCUT2D eigenvalue weighted by molar-refractivity contribution is 0.0782. The minimum atomic E-state index is 0.0191. The summed E-state index contributed by atoms with van der Waals surface area (Å²) in [7, 11) is 4.14. The molecule has 2 rings (SSSR count). The zero-order valence-electron chi connectivity index (χ0n) is 13.2. The van der Waals surface area contributed by atoms with E-state index < -0.39 is 0 Å². The number of carbonyl (C=O) groups excluding carboxylic acids is 1. The molecule has 1 saturated heterocycles. The summed E-state index contributed by atoms with van der Waals surface area (Å²) >= 11 is 0. The Hall–Kier alpha value is -1.42. The zero-order chi connectivity index (χ0) is 14.9. The standard InChI is InChI=1S/C16H25N3O/c1-16(2,3)14-7-6-12(10-17-14)15(20)19-9-8-13(11-19)18(4)5/h6-7,10,13H,8-9,11H2,1-5H3/t13-/m1/s1. The minimum Gasteiger partial charge on any atom is -0.337 e. The lowest BCUT2D eigenvalue weighted by Crippen LogP contribution is -2.34. The maximum absolute atomic E-state index is 12.4. The number of pyridine rings is 1. The Kier molecular flexibility index (Phi) is 4.14. The average molecular weight is 275 g/mol. The third kappa shape index (κ3) is 3.18. The van der Waals surface area contributed by atoms with Crippen molar-refractivity contribution in [2.75, 3.05) is 27.2 Å². The number of rotatable bonds is 2. The van der Waals surface area contributed by atoms with Gasteiger partial charge >= 0.3 is 0 Å². The van der Waals surface area contributed by atoms with Gasteiger partial charge in [0.25, 0.3) is 5.91 Å². The van der Waals surface area contributed by atoms with Gasteiger partial charge in [0.15, 0.2) is 0 Å². The molecule has 1 aliphatic heterocycles. The smallest absolute Gasteiger partial charge is 0.255 e. The van der Waals surface area contributed by atoms with Gasteiger partial charge in [0.1, 0.15) is 0 Å². The molecule has 0 saturated carbocycles. The van der Waals surface area contributed by atoms with Crippen LogP contribution >= 0.6 is 0 Å². The number of likely N-dealkylation sites (N-methyl/N-ethyl adjacent to an activating group) is 1. The lowest BCUT2D eigenvalue weighted by Gasteiger charge is -2.21. The number of hydrogen-bond acceptors (Lipinski definition) is 3. The van der Waals surface area contributed by atoms with Crippen LogP contribution in [0.5, 0.6) is 0 Å².